The summed E-state index contributed by atoms with van der Waals surface area (Å²) in [5.41, 5.74) is 5.43. The molecule has 4 atom stereocenters. The van der Waals surface area contributed by atoms with E-state index in [-0.39, 0.29) is 10.0 Å². The molecule has 0 aromatic heterocycles. The molecule has 0 saturated carbocycles. The Balaban J connectivity index is 1.40. The minimum absolute atomic E-state index is 0.255. The van der Waals surface area contributed by atoms with Crippen LogP contribution in [0.3, 0.4) is 0 Å². The third kappa shape index (κ3) is 0.483. The van der Waals surface area contributed by atoms with E-state index < -0.39 is 0 Å². The maximum absolute atomic E-state index is 5.43. The van der Waals surface area contributed by atoms with Crippen molar-refractivity contribution in [2.24, 2.45) is 5.73 Å². The fourth-order valence-electron chi connectivity index (χ4n) is 2.61. The van der Waals surface area contributed by atoms with Gasteiger partial charge in [0.1, 0.15) is 0 Å². The van der Waals surface area contributed by atoms with Gasteiger partial charge < -0.3 is 5.73 Å². The van der Waals surface area contributed by atoms with Gasteiger partial charge in [-0.1, -0.05) is 6.42 Å². The number of fused-ring (bicyclic) bond motifs is 1. The summed E-state index contributed by atoms with van der Waals surface area (Å²) in [7, 11) is 0.255. The number of unbranched alkanes of at least 4 members (excludes halogenated alkanes) is 1. The van der Waals surface area contributed by atoms with Gasteiger partial charge in [0.2, 0.25) is 0 Å². The van der Waals surface area contributed by atoms with Gasteiger partial charge >= 0.3 is 0 Å². The van der Waals surface area contributed by atoms with Crippen molar-refractivity contribution in [3.63, 3.8) is 0 Å². The van der Waals surface area contributed by atoms with Crippen molar-refractivity contribution >= 4 is 10.0 Å². The van der Waals surface area contributed by atoms with Gasteiger partial charge in [-0.05, 0) is 25.1 Å². The van der Waals surface area contributed by atoms with E-state index >= 15 is 0 Å². The van der Waals surface area contributed by atoms with Crippen molar-refractivity contribution in [3.05, 3.63) is 0 Å². The smallest absolute Gasteiger partial charge is 0.0112 e. The lowest BCUT2D eigenvalue weighted by Crippen LogP contribution is -2.03. The zero-order valence-electron chi connectivity index (χ0n) is 6.25. The first-order valence-corrected chi connectivity index (χ1v) is 6.38. The summed E-state index contributed by atoms with van der Waals surface area (Å²) in [6.45, 7) is 0.906. The molecule has 10 heavy (non-hydrogen) atoms. The predicted octanol–water partition coefficient (Wildman–Crippen LogP) is 1.07. The molecule has 0 aromatic carbocycles. The zero-order valence-corrected chi connectivity index (χ0v) is 7.07. The van der Waals surface area contributed by atoms with Crippen LogP contribution in [0.4, 0.5) is 0 Å². The molecule has 3 heterocycles. The van der Waals surface area contributed by atoms with Gasteiger partial charge in [0.25, 0.3) is 0 Å². The number of hydrogen-bond donors (Lipinski definition) is 1. The van der Waals surface area contributed by atoms with E-state index in [2.05, 4.69) is 0 Å². The van der Waals surface area contributed by atoms with E-state index in [0.717, 1.165) is 6.54 Å². The van der Waals surface area contributed by atoms with E-state index in [4.69, 9.17) is 5.73 Å². The Morgan fingerprint density at radius 1 is 1.40 bits per heavy atom. The Labute approximate surface area is 63.7 Å². The molecule has 0 aromatic rings. The van der Waals surface area contributed by atoms with Crippen LogP contribution in [0.5, 0.6) is 0 Å². The number of hydrogen-bond acceptors (Lipinski definition) is 1. The SMILES string of the molecule is NCCCCC1C2C3CS132. The van der Waals surface area contributed by atoms with Crippen molar-refractivity contribution in [1.82, 2.24) is 0 Å². The molecular weight excluding hydrogens is 142 g/mol. The molecular formula is C8H15NS. The van der Waals surface area contributed by atoms with Crippen molar-refractivity contribution < 1.29 is 0 Å². The second-order valence-electron chi connectivity index (χ2n) is 3.90. The van der Waals surface area contributed by atoms with Crippen molar-refractivity contribution in [2.45, 2.75) is 35.0 Å². The fourth-order valence-corrected chi connectivity index (χ4v) is 7.95. The van der Waals surface area contributed by atoms with Crippen LogP contribution in [-0.2, 0) is 0 Å². The van der Waals surface area contributed by atoms with Crippen LogP contribution in [-0.4, -0.2) is 28.0 Å². The Morgan fingerprint density at radius 2 is 2.20 bits per heavy atom. The average molecular weight is 157 g/mol. The van der Waals surface area contributed by atoms with Crippen LogP contribution in [0.25, 0.3) is 0 Å². The lowest BCUT2D eigenvalue weighted by atomic mass is 10.1. The minimum Gasteiger partial charge on any atom is -0.330 e. The molecule has 3 aliphatic heterocycles. The molecule has 2 heteroatoms. The van der Waals surface area contributed by atoms with Gasteiger partial charge in [0.15, 0.2) is 0 Å². The zero-order chi connectivity index (χ0) is 6.77. The molecule has 0 aliphatic carbocycles. The molecule has 3 saturated heterocycles. The number of nitrogens with two attached hydrogens (primary N) is 1. The molecule has 0 amide bonds. The summed E-state index contributed by atoms with van der Waals surface area (Å²) >= 11 is 0. The van der Waals surface area contributed by atoms with Crippen LogP contribution < -0.4 is 5.73 Å². The van der Waals surface area contributed by atoms with Gasteiger partial charge in [-0.3, -0.25) is 0 Å². The molecule has 1 nitrogen and oxygen atoms in total. The van der Waals surface area contributed by atoms with E-state index in [1.807, 2.05) is 0 Å². The number of rotatable bonds is 4. The lowest BCUT2D eigenvalue weighted by Gasteiger charge is -2.00. The van der Waals surface area contributed by atoms with Gasteiger partial charge in [-0.25, -0.2) is 10.0 Å². The normalized spacial score (nSPS) is 65.5. The average Bonchev–Trinajstić information content (AvgIpc) is 2.74. The fraction of sp³-hybridized carbons (Fsp3) is 1.00. The third-order valence-electron chi connectivity index (χ3n) is 3.49. The molecule has 0 radical (unpaired) electrons. The Hall–Kier alpha value is 0.310. The quantitative estimate of drug-likeness (QED) is 0.479. The molecule has 4 unspecified atom stereocenters. The second-order valence-corrected chi connectivity index (χ2v) is 7.81. The van der Waals surface area contributed by atoms with Crippen LogP contribution in [0.15, 0.2) is 0 Å². The summed E-state index contributed by atoms with van der Waals surface area (Å²) in [6.07, 6.45) is 4.22. The monoisotopic (exact) mass is 157 g/mol. The molecule has 1 spiro atoms. The topological polar surface area (TPSA) is 26.0 Å². The summed E-state index contributed by atoms with van der Waals surface area (Å²) in [6, 6.07) is 0. The van der Waals surface area contributed by atoms with Gasteiger partial charge in [-0.2, -0.15) is 0 Å². The van der Waals surface area contributed by atoms with E-state index in [1.165, 1.54) is 35.0 Å². The van der Waals surface area contributed by atoms with Gasteiger partial charge in [0, 0.05) is 15.7 Å². The van der Waals surface area contributed by atoms with Crippen LogP contribution in [0, 0.1) is 0 Å². The Morgan fingerprint density at radius 3 is 2.70 bits per heavy atom. The third-order valence-corrected chi connectivity index (χ3v) is 8.29. The Kier molecular flexibility index (Phi) is 0.919. The molecule has 58 valence electrons. The van der Waals surface area contributed by atoms with E-state index in [9.17, 15) is 0 Å². The molecule has 0 bridgehead atoms. The highest BCUT2D eigenvalue weighted by Gasteiger charge is 2.93. The van der Waals surface area contributed by atoms with Gasteiger partial charge in [0.05, 0.1) is 0 Å². The molecule has 3 fully saturated rings. The summed E-state index contributed by atoms with van der Waals surface area (Å²) in [5, 5.41) is 3.92. The lowest BCUT2D eigenvalue weighted by molar-refractivity contribution is 0.678. The van der Waals surface area contributed by atoms with Crippen molar-refractivity contribution in [3.8, 4) is 0 Å². The van der Waals surface area contributed by atoms with Crippen molar-refractivity contribution in [1.29, 1.82) is 0 Å². The van der Waals surface area contributed by atoms with Crippen LogP contribution >= 0.6 is 10.0 Å². The first-order chi connectivity index (χ1) is 4.91. The maximum Gasteiger partial charge on any atom is 0.0112 e. The van der Waals surface area contributed by atoms with Crippen LogP contribution in [0.2, 0.25) is 0 Å². The summed E-state index contributed by atoms with van der Waals surface area (Å²) in [4.78, 5) is 0. The van der Waals surface area contributed by atoms with E-state index in [1.54, 1.807) is 5.75 Å². The highest BCUT2D eigenvalue weighted by atomic mass is 32.3. The highest BCUT2D eigenvalue weighted by Crippen LogP contribution is 3.09. The first kappa shape index (κ1) is 5.90. The molecule has 2 N–H and O–H groups in total. The molecule has 3 rings (SSSR count). The first-order valence-electron chi connectivity index (χ1n) is 4.39. The van der Waals surface area contributed by atoms with Crippen molar-refractivity contribution in [2.75, 3.05) is 12.3 Å². The summed E-state index contributed by atoms with van der Waals surface area (Å²) < 4.78 is 0. The Bertz CT molecular complexity index is 182. The van der Waals surface area contributed by atoms with E-state index in [0.29, 0.717) is 0 Å². The van der Waals surface area contributed by atoms with Gasteiger partial charge in [-0.15, -0.1) is 0 Å². The predicted molar refractivity (Wildman–Crippen MR) is 46.7 cm³/mol. The maximum atomic E-state index is 5.43. The second kappa shape index (κ2) is 1.56. The van der Waals surface area contributed by atoms with Crippen LogP contribution in [0.1, 0.15) is 19.3 Å². The molecule has 3 aliphatic rings. The summed E-state index contributed by atoms with van der Waals surface area (Å²) in [5.74, 6) is 1.69. The highest BCUT2D eigenvalue weighted by molar-refractivity contribution is 8.54. The standard InChI is InChI=1S/C8H15NS/c9-4-2-1-3-6-8-7-5-10(6,7)8/h6-8H,1-5,9H2. The minimum atomic E-state index is 0.255. The largest absolute Gasteiger partial charge is 0.330 e.